The van der Waals surface area contributed by atoms with E-state index in [4.69, 9.17) is 0 Å². The number of nitrogens with zero attached hydrogens (tertiary/aromatic N) is 2. The van der Waals surface area contributed by atoms with Gasteiger partial charge in [-0.05, 0) is 13.0 Å². The Morgan fingerprint density at radius 1 is 1.38 bits per heavy atom. The predicted molar refractivity (Wildman–Crippen MR) is 67.1 cm³/mol. The van der Waals surface area contributed by atoms with Gasteiger partial charge in [0, 0.05) is 16.6 Å². The number of aryl methyl sites for hydroxylation is 1. The second-order valence-corrected chi connectivity index (χ2v) is 4.66. The van der Waals surface area contributed by atoms with Gasteiger partial charge in [0.2, 0.25) is 0 Å². The van der Waals surface area contributed by atoms with E-state index < -0.39 is 0 Å². The minimum Gasteiger partial charge on any atom is -0.298 e. The highest BCUT2D eigenvalue weighted by atomic mass is 32.1. The number of aromatic nitrogens is 2. The van der Waals surface area contributed by atoms with Crippen LogP contribution in [-0.4, -0.2) is 9.55 Å². The van der Waals surface area contributed by atoms with Gasteiger partial charge in [0.15, 0.2) is 0 Å². The van der Waals surface area contributed by atoms with Gasteiger partial charge in [0.1, 0.15) is 4.70 Å². The van der Waals surface area contributed by atoms with Crippen molar-refractivity contribution in [1.29, 1.82) is 0 Å². The molecular formula is C12H10N2OS. The zero-order valence-electron chi connectivity index (χ0n) is 8.80. The van der Waals surface area contributed by atoms with E-state index in [0.717, 1.165) is 20.3 Å². The monoisotopic (exact) mass is 230 g/mol. The molecule has 2 aromatic heterocycles. The van der Waals surface area contributed by atoms with E-state index in [1.54, 1.807) is 10.9 Å². The Kier molecular flexibility index (Phi) is 2.04. The Labute approximate surface area is 96.0 Å². The fourth-order valence-electron chi connectivity index (χ4n) is 1.84. The lowest BCUT2D eigenvalue weighted by Crippen LogP contribution is -2.18. The topological polar surface area (TPSA) is 34.9 Å². The Morgan fingerprint density at radius 3 is 3.00 bits per heavy atom. The molecule has 16 heavy (non-hydrogen) atoms. The molecule has 0 N–H and O–H groups in total. The summed E-state index contributed by atoms with van der Waals surface area (Å²) in [5.41, 5.74) is 0.893. The molecule has 3 rings (SSSR count). The summed E-state index contributed by atoms with van der Waals surface area (Å²) in [5, 5.41) is 1.07. The highest BCUT2D eigenvalue weighted by Crippen LogP contribution is 2.29. The molecule has 2 heterocycles. The summed E-state index contributed by atoms with van der Waals surface area (Å²) in [4.78, 5) is 16.4. The smallest absolute Gasteiger partial charge is 0.271 e. The molecule has 3 nitrogen and oxygen atoms in total. The van der Waals surface area contributed by atoms with E-state index >= 15 is 0 Å². The van der Waals surface area contributed by atoms with E-state index in [-0.39, 0.29) is 5.56 Å². The lowest BCUT2D eigenvalue weighted by atomic mass is 10.2. The van der Waals surface area contributed by atoms with Crippen molar-refractivity contribution < 1.29 is 0 Å². The van der Waals surface area contributed by atoms with Crippen molar-refractivity contribution in [1.82, 2.24) is 9.55 Å². The van der Waals surface area contributed by atoms with Gasteiger partial charge >= 0.3 is 0 Å². The molecule has 0 amide bonds. The molecule has 0 aliphatic carbocycles. The van der Waals surface area contributed by atoms with Crippen LogP contribution < -0.4 is 5.56 Å². The highest BCUT2D eigenvalue weighted by molar-refractivity contribution is 7.25. The number of thiophene rings is 1. The minimum atomic E-state index is 0.0636. The molecule has 0 atom stereocenters. The zero-order valence-corrected chi connectivity index (χ0v) is 9.62. The largest absolute Gasteiger partial charge is 0.298 e. The van der Waals surface area contributed by atoms with Gasteiger partial charge in [-0.2, -0.15) is 0 Å². The molecule has 0 saturated heterocycles. The first-order valence-corrected chi connectivity index (χ1v) is 5.99. The minimum absolute atomic E-state index is 0.0636. The molecule has 0 bridgehead atoms. The van der Waals surface area contributed by atoms with Crippen molar-refractivity contribution in [2.24, 2.45) is 0 Å². The molecule has 0 fully saturated rings. The molecule has 0 spiro atoms. The van der Waals surface area contributed by atoms with Gasteiger partial charge < -0.3 is 0 Å². The van der Waals surface area contributed by atoms with Crippen LogP contribution in [0.25, 0.3) is 20.3 Å². The molecule has 1 aromatic carbocycles. The summed E-state index contributed by atoms with van der Waals surface area (Å²) < 4.78 is 3.51. The lowest BCUT2D eigenvalue weighted by Gasteiger charge is -1.98. The van der Waals surface area contributed by atoms with Crippen LogP contribution in [0.4, 0.5) is 0 Å². The van der Waals surface area contributed by atoms with Crippen LogP contribution in [0, 0.1) is 0 Å². The normalized spacial score (nSPS) is 11.3. The van der Waals surface area contributed by atoms with Gasteiger partial charge in [-0.15, -0.1) is 11.3 Å². The van der Waals surface area contributed by atoms with Gasteiger partial charge in [-0.25, -0.2) is 4.98 Å². The van der Waals surface area contributed by atoms with Gasteiger partial charge in [0.25, 0.3) is 5.56 Å². The molecule has 0 saturated carbocycles. The summed E-state index contributed by atoms with van der Waals surface area (Å²) in [6.45, 7) is 2.61. The third-order valence-corrected chi connectivity index (χ3v) is 3.84. The van der Waals surface area contributed by atoms with Crippen molar-refractivity contribution in [3.63, 3.8) is 0 Å². The molecule has 3 aromatic rings. The maximum Gasteiger partial charge on any atom is 0.271 e. The molecule has 4 heteroatoms. The van der Waals surface area contributed by atoms with Crippen LogP contribution in [0.3, 0.4) is 0 Å². The van der Waals surface area contributed by atoms with Crippen molar-refractivity contribution in [3.05, 3.63) is 40.9 Å². The molecule has 0 unspecified atom stereocenters. The second-order valence-electron chi connectivity index (χ2n) is 3.61. The van der Waals surface area contributed by atoms with Crippen molar-refractivity contribution in [2.45, 2.75) is 13.5 Å². The van der Waals surface area contributed by atoms with E-state index in [9.17, 15) is 4.79 Å². The molecule has 80 valence electrons. The number of hydrogen-bond acceptors (Lipinski definition) is 3. The first-order chi connectivity index (χ1) is 7.81. The van der Waals surface area contributed by atoms with Crippen molar-refractivity contribution >= 4 is 31.6 Å². The van der Waals surface area contributed by atoms with Gasteiger partial charge in [-0.3, -0.25) is 9.36 Å². The number of benzene rings is 1. The van der Waals surface area contributed by atoms with Crippen LogP contribution in [0.2, 0.25) is 0 Å². The fourth-order valence-corrected chi connectivity index (χ4v) is 2.95. The SMILES string of the molecule is CCn1cnc2c(sc3ccccc32)c1=O. The molecule has 0 radical (unpaired) electrons. The fraction of sp³-hybridized carbons (Fsp3) is 0.167. The highest BCUT2D eigenvalue weighted by Gasteiger charge is 2.09. The van der Waals surface area contributed by atoms with Gasteiger partial charge in [-0.1, -0.05) is 18.2 Å². The first kappa shape index (κ1) is 9.54. The number of rotatable bonds is 1. The van der Waals surface area contributed by atoms with E-state index in [1.165, 1.54) is 11.3 Å². The van der Waals surface area contributed by atoms with Crippen LogP contribution in [-0.2, 0) is 6.54 Å². The number of hydrogen-bond donors (Lipinski definition) is 0. The second kappa shape index (κ2) is 3.42. The third-order valence-electron chi connectivity index (χ3n) is 2.69. The predicted octanol–water partition coefficient (Wildman–Crippen LogP) is 2.63. The van der Waals surface area contributed by atoms with Crippen LogP contribution in [0.1, 0.15) is 6.92 Å². The summed E-state index contributed by atoms with van der Waals surface area (Å²) >= 11 is 1.52. The summed E-state index contributed by atoms with van der Waals surface area (Å²) in [7, 11) is 0. The van der Waals surface area contributed by atoms with Crippen LogP contribution in [0.15, 0.2) is 35.4 Å². The summed E-state index contributed by atoms with van der Waals surface area (Å²) in [6.07, 6.45) is 1.63. The van der Waals surface area contributed by atoms with Crippen LogP contribution in [0.5, 0.6) is 0 Å². The number of fused-ring (bicyclic) bond motifs is 3. The standard InChI is InChI=1S/C12H10N2OS/c1-2-14-7-13-10-8-5-3-4-6-9(8)16-11(10)12(14)15/h3-7H,2H2,1H3. The quantitative estimate of drug-likeness (QED) is 0.644. The Balaban J connectivity index is 2.55. The van der Waals surface area contributed by atoms with E-state index in [2.05, 4.69) is 4.98 Å². The summed E-state index contributed by atoms with van der Waals surface area (Å²) in [5.74, 6) is 0. The Morgan fingerprint density at radius 2 is 2.19 bits per heavy atom. The average molecular weight is 230 g/mol. The molecular weight excluding hydrogens is 220 g/mol. The Bertz CT molecular complexity index is 727. The lowest BCUT2D eigenvalue weighted by molar-refractivity contribution is 0.719. The first-order valence-electron chi connectivity index (χ1n) is 5.18. The maximum atomic E-state index is 12.1. The van der Waals surface area contributed by atoms with E-state index in [0.29, 0.717) is 6.54 Å². The summed E-state index contributed by atoms with van der Waals surface area (Å²) in [6, 6.07) is 7.99. The van der Waals surface area contributed by atoms with E-state index in [1.807, 2.05) is 31.2 Å². The maximum absolute atomic E-state index is 12.1. The van der Waals surface area contributed by atoms with Gasteiger partial charge in [0.05, 0.1) is 11.8 Å². The zero-order chi connectivity index (χ0) is 11.1. The molecule has 0 aliphatic heterocycles. The molecule has 0 aliphatic rings. The van der Waals surface area contributed by atoms with Crippen LogP contribution >= 0.6 is 11.3 Å². The van der Waals surface area contributed by atoms with Crippen molar-refractivity contribution in [3.8, 4) is 0 Å². The van der Waals surface area contributed by atoms with Crippen molar-refractivity contribution in [2.75, 3.05) is 0 Å². The third kappa shape index (κ3) is 1.20. The average Bonchev–Trinajstić information content (AvgIpc) is 2.69. The Hall–Kier alpha value is -1.68.